The maximum absolute atomic E-state index is 12.9. The molecule has 0 saturated carbocycles. The quantitative estimate of drug-likeness (QED) is 0.773. The average Bonchev–Trinajstić information content (AvgIpc) is 3.24. The molecule has 150 valence electrons. The van der Waals surface area contributed by atoms with Crippen molar-refractivity contribution in [2.45, 2.75) is 32.3 Å². The molecule has 1 aromatic heterocycles. The van der Waals surface area contributed by atoms with Gasteiger partial charge in [-0.05, 0) is 49.4 Å². The molecule has 2 aromatic rings. The zero-order chi connectivity index (χ0) is 19.6. The van der Waals surface area contributed by atoms with Crippen molar-refractivity contribution in [2.75, 3.05) is 32.8 Å². The van der Waals surface area contributed by atoms with Crippen LogP contribution in [0.2, 0.25) is 0 Å². The second-order valence-corrected chi connectivity index (χ2v) is 9.46. The van der Waals surface area contributed by atoms with Crippen LogP contribution in [-0.4, -0.2) is 54.8 Å². The van der Waals surface area contributed by atoms with E-state index in [1.807, 2.05) is 25.1 Å². The number of ether oxygens (including phenoxy) is 1. The minimum atomic E-state index is -3.41. The highest BCUT2D eigenvalue weighted by molar-refractivity contribution is 7.86. The van der Waals surface area contributed by atoms with Crippen molar-refractivity contribution in [3.8, 4) is 0 Å². The summed E-state index contributed by atoms with van der Waals surface area (Å²) in [5.74, 6) is 0. The van der Waals surface area contributed by atoms with Crippen molar-refractivity contribution >= 4 is 10.2 Å². The van der Waals surface area contributed by atoms with Crippen molar-refractivity contribution in [1.82, 2.24) is 13.6 Å². The summed E-state index contributed by atoms with van der Waals surface area (Å²) in [6.07, 6.45) is 2.37. The van der Waals surface area contributed by atoms with Crippen molar-refractivity contribution in [1.29, 1.82) is 0 Å². The number of nitrogens with zero attached hydrogens (tertiary/aromatic N) is 3. The molecular formula is C21H27N3O3S. The molecule has 1 atom stereocenters. The molecule has 2 saturated heterocycles. The number of benzene rings is 1. The lowest BCUT2D eigenvalue weighted by molar-refractivity contribution is -0.00656. The summed E-state index contributed by atoms with van der Waals surface area (Å²) in [6, 6.07) is 14.4. The van der Waals surface area contributed by atoms with E-state index in [2.05, 4.69) is 29.2 Å². The number of pyridine rings is 1. The topological polar surface area (TPSA) is 62.7 Å². The molecule has 0 bridgehead atoms. The first-order chi connectivity index (χ1) is 13.5. The molecule has 1 aromatic carbocycles. The SMILES string of the molecule is Cc1cc(Cc2ccccc2)cc([C@H]2CN(S(=O)(=O)N3CCCC3)CCO2)n1. The van der Waals surface area contributed by atoms with Crippen LogP contribution in [0.1, 0.15) is 41.5 Å². The smallest absolute Gasteiger partial charge is 0.282 e. The molecule has 0 unspecified atom stereocenters. The van der Waals surface area contributed by atoms with Gasteiger partial charge >= 0.3 is 0 Å². The second-order valence-electron chi connectivity index (χ2n) is 7.54. The Morgan fingerprint density at radius 3 is 2.54 bits per heavy atom. The van der Waals surface area contributed by atoms with Crippen LogP contribution in [0.5, 0.6) is 0 Å². The monoisotopic (exact) mass is 401 g/mol. The molecule has 7 heteroatoms. The molecule has 2 fully saturated rings. The Kier molecular flexibility index (Phi) is 5.78. The van der Waals surface area contributed by atoms with Gasteiger partial charge in [-0.15, -0.1) is 0 Å². The summed E-state index contributed by atoms with van der Waals surface area (Å²) in [6.45, 7) is 4.32. The normalized spacial score (nSPS) is 21.8. The van der Waals surface area contributed by atoms with E-state index >= 15 is 0 Å². The predicted octanol–water partition coefficient (Wildman–Crippen LogP) is 2.69. The van der Waals surface area contributed by atoms with Crippen LogP contribution < -0.4 is 0 Å². The average molecular weight is 402 g/mol. The Balaban J connectivity index is 1.53. The van der Waals surface area contributed by atoms with E-state index in [-0.39, 0.29) is 6.10 Å². The van der Waals surface area contributed by atoms with Crippen LogP contribution in [0.4, 0.5) is 0 Å². The Bertz CT molecular complexity index is 912. The number of morpholine rings is 1. The number of hydrogen-bond donors (Lipinski definition) is 0. The molecule has 4 rings (SSSR count). The van der Waals surface area contributed by atoms with Crippen molar-refractivity contribution < 1.29 is 13.2 Å². The number of aromatic nitrogens is 1. The zero-order valence-corrected chi connectivity index (χ0v) is 17.1. The summed E-state index contributed by atoms with van der Waals surface area (Å²) in [5, 5.41) is 0. The van der Waals surface area contributed by atoms with E-state index < -0.39 is 10.2 Å². The third-order valence-corrected chi connectivity index (χ3v) is 7.36. The number of hydrogen-bond acceptors (Lipinski definition) is 4. The third-order valence-electron chi connectivity index (χ3n) is 5.36. The van der Waals surface area contributed by atoms with E-state index in [4.69, 9.17) is 4.74 Å². The second kappa shape index (κ2) is 8.29. The van der Waals surface area contributed by atoms with Gasteiger partial charge in [-0.3, -0.25) is 4.98 Å². The van der Waals surface area contributed by atoms with Gasteiger partial charge in [-0.2, -0.15) is 17.0 Å². The van der Waals surface area contributed by atoms with Crippen LogP contribution >= 0.6 is 0 Å². The van der Waals surface area contributed by atoms with Crippen LogP contribution in [0, 0.1) is 6.92 Å². The summed E-state index contributed by atoms with van der Waals surface area (Å²) in [4.78, 5) is 4.65. The molecule has 0 aliphatic carbocycles. The highest BCUT2D eigenvalue weighted by Gasteiger charge is 2.36. The van der Waals surface area contributed by atoms with Crippen LogP contribution in [0.25, 0.3) is 0 Å². The summed E-state index contributed by atoms with van der Waals surface area (Å²) >= 11 is 0. The van der Waals surface area contributed by atoms with E-state index in [0.717, 1.165) is 36.2 Å². The van der Waals surface area contributed by atoms with E-state index in [1.165, 1.54) is 5.56 Å². The Morgan fingerprint density at radius 2 is 1.79 bits per heavy atom. The van der Waals surface area contributed by atoms with Gasteiger partial charge in [0.2, 0.25) is 0 Å². The lowest BCUT2D eigenvalue weighted by Crippen LogP contribution is -2.48. The molecule has 6 nitrogen and oxygen atoms in total. The lowest BCUT2D eigenvalue weighted by Gasteiger charge is -2.34. The Hall–Kier alpha value is -1.80. The Labute approximate surface area is 167 Å². The van der Waals surface area contributed by atoms with Crippen LogP contribution in [0.15, 0.2) is 42.5 Å². The first-order valence-electron chi connectivity index (χ1n) is 9.90. The van der Waals surface area contributed by atoms with E-state index in [1.54, 1.807) is 8.61 Å². The van der Waals surface area contributed by atoms with Gasteiger partial charge in [-0.1, -0.05) is 30.3 Å². The maximum Gasteiger partial charge on any atom is 0.282 e. The first-order valence-corrected chi connectivity index (χ1v) is 11.3. The van der Waals surface area contributed by atoms with Gasteiger partial charge in [-0.25, -0.2) is 0 Å². The summed E-state index contributed by atoms with van der Waals surface area (Å²) in [5.41, 5.74) is 4.14. The predicted molar refractivity (Wildman–Crippen MR) is 108 cm³/mol. The van der Waals surface area contributed by atoms with E-state index in [0.29, 0.717) is 32.8 Å². The third kappa shape index (κ3) is 4.27. The molecule has 28 heavy (non-hydrogen) atoms. The Morgan fingerprint density at radius 1 is 1.04 bits per heavy atom. The molecule has 0 radical (unpaired) electrons. The zero-order valence-electron chi connectivity index (χ0n) is 16.3. The molecule has 0 N–H and O–H groups in total. The summed E-state index contributed by atoms with van der Waals surface area (Å²) in [7, 11) is -3.41. The van der Waals surface area contributed by atoms with E-state index in [9.17, 15) is 8.42 Å². The molecule has 2 aliphatic rings. The fraction of sp³-hybridized carbons (Fsp3) is 0.476. The molecule has 0 spiro atoms. The largest absolute Gasteiger partial charge is 0.369 e. The molecule has 0 amide bonds. The molecule has 3 heterocycles. The first kappa shape index (κ1) is 19.5. The molecule has 2 aliphatic heterocycles. The summed E-state index contributed by atoms with van der Waals surface area (Å²) < 4.78 is 34.9. The van der Waals surface area contributed by atoms with Gasteiger partial charge in [0, 0.05) is 31.9 Å². The number of rotatable bonds is 5. The highest BCUT2D eigenvalue weighted by Crippen LogP contribution is 2.26. The van der Waals surface area contributed by atoms with Gasteiger partial charge < -0.3 is 4.74 Å². The van der Waals surface area contributed by atoms with Crippen molar-refractivity contribution in [3.05, 3.63) is 65.0 Å². The van der Waals surface area contributed by atoms with Crippen LogP contribution in [-0.2, 0) is 21.4 Å². The minimum absolute atomic E-state index is 0.320. The lowest BCUT2D eigenvalue weighted by atomic mass is 10.0. The van der Waals surface area contributed by atoms with Gasteiger partial charge in [0.15, 0.2) is 0 Å². The van der Waals surface area contributed by atoms with Gasteiger partial charge in [0.05, 0.1) is 12.3 Å². The fourth-order valence-electron chi connectivity index (χ4n) is 3.96. The van der Waals surface area contributed by atoms with Crippen molar-refractivity contribution in [2.24, 2.45) is 0 Å². The van der Waals surface area contributed by atoms with Gasteiger partial charge in [0.25, 0.3) is 10.2 Å². The fourth-order valence-corrected chi connectivity index (χ4v) is 5.64. The number of aryl methyl sites for hydroxylation is 1. The van der Waals surface area contributed by atoms with Gasteiger partial charge in [0.1, 0.15) is 6.10 Å². The maximum atomic E-state index is 12.9. The highest BCUT2D eigenvalue weighted by atomic mass is 32.2. The van der Waals surface area contributed by atoms with Crippen LogP contribution in [0.3, 0.4) is 0 Å². The minimum Gasteiger partial charge on any atom is -0.369 e. The van der Waals surface area contributed by atoms with Crippen molar-refractivity contribution in [3.63, 3.8) is 0 Å². The molecular weight excluding hydrogens is 374 g/mol. The standard InChI is InChI=1S/C21H27N3O3S/c1-17-13-19(14-18-7-3-2-4-8-18)15-20(22-17)21-16-24(11-12-27-21)28(25,26)23-9-5-6-10-23/h2-4,7-8,13,15,21H,5-6,9-12,14,16H2,1H3/t21-/m1/s1.